The Morgan fingerprint density at radius 2 is 2.00 bits per heavy atom. The number of nitrogens with two attached hydrogens (primary N) is 1. The van der Waals surface area contributed by atoms with E-state index in [0.29, 0.717) is 18.7 Å². The van der Waals surface area contributed by atoms with E-state index in [2.05, 4.69) is 15.0 Å². The fourth-order valence-corrected chi connectivity index (χ4v) is 2.76. The lowest BCUT2D eigenvalue weighted by Gasteiger charge is -2.57. The Balaban J connectivity index is 0.00000338. The second-order valence-electron chi connectivity index (χ2n) is 6.58. The Labute approximate surface area is 168 Å². The van der Waals surface area contributed by atoms with Gasteiger partial charge in [0, 0.05) is 24.5 Å². The highest BCUT2D eigenvalue weighted by atomic mass is 35.5. The second kappa shape index (κ2) is 9.27. The topological polar surface area (TPSA) is 86.5 Å². The van der Waals surface area contributed by atoms with E-state index < -0.39 is 23.7 Å². The van der Waals surface area contributed by atoms with Gasteiger partial charge in [0.2, 0.25) is 11.8 Å². The number of hydrogen-bond acceptors (Lipinski definition) is 5. The first-order chi connectivity index (χ1) is 11.5. The molecule has 0 saturated heterocycles. The van der Waals surface area contributed by atoms with Crippen molar-refractivity contribution in [3.8, 4) is 5.88 Å². The first-order valence-corrected chi connectivity index (χ1v) is 7.87. The Hall–Kier alpha value is -1.29. The molecule has 1 heterocycles. The summed E-state index contributed by atoms with van der Waals surface area (Å²) in [4.78, 5) is 16.3. The number of nitrogens with one attached hydrogen (secondary N) is 1. The summed E-state index contributed by atoms with van der Waals surface area (Å²) in [5, 5.41) is 2.64. The molecule has 0 radical (unpaired) electrons. The minimum atomic E-state index is -4.44. The summed E-state index contributed by atoms with van der Waals surface area (Å²) >= 11 is 0. The fraction of sp³-hybridized carbons (Fsp3) is 0.625. The number of hydrogen-bond donors (Lipinski definition) is 2. The number of amides is 1. The van der Waals surface area contributed by atoms with Gasteiger partial charge in [0.1, 0.15) is 5.54 Å². The quantitative estimate of drug-likeness (QED) is 0.718. The molecule has 3 N–H and O–H groups in total. The predicted octanol–water partition coefficient (Wildman–Crippen LogP) is 3.34. The average molecular weight is 434 g/mol. The van der Waals surface area contributed by atoms with Crippen LogP contribution in [0.25, 0.3) is 0 Å². The molecule has 1 aromatic heterocycles. The predicted molar refractivity (Wildman–Crippen MR) is 99.6 cm³/mol. The molecule has 0 aliphatic heterocycles. The highest BCUT2D eigenvalue weighted by Crippen LogP contribution is 2.50. The first-order valence-electron chi connectivity index (χ1n) is 7.87. The van der Waals surface area contributed by atoms with Gasteiger partial charge in [-0.1, -0.05) is 13.8 Å². The number of carbonyl (C=O) groups excluding carboxylic acids is 1. The monoisotopic (exact) mass is 433 g/mol. The van der Waals surface area contributed by atoms with Gasteiger partial charge in [-0.2, -0.15) is 13.2 Å². The van der Waals surface area contributed by atoms with Crippen molar-refractivity contribution in [1.29, 1.82) is 0 Å². The normalized spacial score (nSPS) is 23.3. The van der Waals surface area contributed by atoms with Gasteiger partial charge in [-0.05, 0) is 13.0 Å². The Morgan fingerprint density at radius 3 is 2.44 bits per heavy atom. The number of pyridine rings is 1. The Kier molecular flexibility index (Phi) is 8.83. The average Bonchev–Trinajstić information content (AvgIpc) is 2.53. The third-order valence-electron chi connectivity index (χ3n) is 4.61. The van der Waals surface area contributed by atoms with Crippen LogP contribution in [0.15, 0.2) is 18.3 Å². The summed E-state index contributed by atoms with van der Waals surface area (Å²) in [7, 11) is 0. The van der Waals surface area contributed by atoms with E-state index in [-0.39, 0.29) is 42.7 Å². The summed E-state index contributed by atoms with van der Waals surface area (Å²) < 4.78 is 46.4. The Morgan fingerprint density at radius 1 is 1.37 bits per heavy atom. The molecule has 0 aromatic carbocycles. The summed E-state index contributed by atoms with van der Waals surface area (Å²) in [6.07, 6.45) is -2.93. The van der Waals surface area contributed by atoms with Crippen LogP contribution in [0.1, 0.15) is 27.2 Å². The second-order valence-corrected chi connectivity index (χ2v) is 6.58. The molecule has 1 amide bonds. The molecule has 156 valence electrons. The summed E-state index contributed by atoms with van der Waals surface area (Å²) in [5.41, 5.74) is 4.94. The smallest absolute Gasteiger partial charge is 0.422 e. The van der Waals surface area contributed by atoms with Gasteiger partial charge in [0.05, 0.1) is 18.0 Å². The van der Waals surface area contributed by atoms with Crippen LogP contribution >= 0.6 is 24.8 Å². The Bertz CT molecular complexity index is 630. The van der Waals surface area contributed by atoms with Crippen LogP contribution in [-0.2, 0) is 9.53 Å². The maximum Gasteiger partial charge on any atom is 0.422 e. The van der Waals surface area contributed by atoms with Crippen LogP contribution in [-0.4, -0.2) is 41.9 Å². The molecule has 0 bridgehead atoms. The molecule has 1 fully saturated rings. The van der Waals surface area contributed by atoms with Crippen molar-refractivity contribution < 1.29 is 27.4 Å². The molecule has 1 aromatic rings. The first kappa shape index (κ1) is 25.7. The van der Waals surface area contributed by atoms with Crippen molar-refractivity contribution in [2.24, 2.45) is 11.1 Å². The standard InChI is InChI=1S/C16H22F3N3O3.2ClH/c1-4-24-11-7-15(20,14(11,2)3)13(23)22-10-5-6-12(21-8-10)25-9-16(17,18)19;;/h5-6,8,11H,4,7,9,20H2,1-3H3,(H,22,23);2*1H. The van der Waals surface area contributed by atoms with Crippen LogP contribution < -0.4 is 15.8 Å². The largest absolute Gasteiger partial charge is 0.468 e. The number of ether oxygens (including phenoxy) is 2. The van der Waals surface area contributed by atoms with Crippen molar-refractivity contribution in [2.45, 2.75) is 45.0 Å². The summed E-state index contributed by atoms with van der Waals surface area (Å²) in [6.45, 7) is 4.71. The van der Waals surface area contributed by atoms with Gasteiger partial charge in [-0.25, -0.2) is 4.98 Å². The molecule has 2 rings (SSSR count). The summed E-state index contributed by atoms with van der Waals surface area (Å²) in [6, 6.07) is 2.66. The van der Waals surface area contributed by atoms with Crippen molar-refractivity contribution in [3.63, 3.8) is 0 Å². The lowest BCUT2D eigenvalue weighted by atomic mass is 9.54. The van der Waals surface area contributed by atoms with E-state index >= 15 is 0 Å². The lowest BCUT2D eigenvalue weighted by Crippen LogP contribution is -2.74. The van der Waals surface area contributed by atoms with Gasteiger partial charge in [-0.3, -0.25) is 4.79 Å². The fourth-order valence-electron chi connectivity index (χ4n) is 2.76. The van der Waals surface area contributed by atoms with E-state index in [1.165, 1.54) is 18.3 Å². The zero-order valence-corrected chi connectivity index (χ0v) is 16.8. The van der Waals surface area contributed by atoms with Gasteiger partial charge in [-0.15, -0.1) is 24.8 Å². The zero-order valence-electron chi connectivity index (χ0n) is 15.1. The molecule has 0 spiro atoms. The number of halogens is 5. The van der Waals surface area contributed by atoms with Crippen LogP contribution in [0, 0.1) is 5.41 Å². The number of nitrogens with zero attached hydrogens (tertiary/aromatic N) is 1. The molecule has 11 heteroatoms. The van der Waals surface area contributed by atoms with E-state index in [9.17, 15) is 18.0 Å². The molecular formula is C16H24Cl2F3N3O3. The van der Waals surface area contributed by atoms with Crippen molar-refractivity contribution in [3.05, 3.63) is 18.3 Å². The molecule has 1 aliphatic carbocycles. The van der Waals surface area contributed by atoms with Gasteiger partial charge in [0.25, 0.3) is 0 Å². The van der Waals surface area contributed by atoms with Crippen LogP contribution in [0.3, 0.4) is 0 Å². The number of aromatic nitrogens is 1. The van der Waals surface area contributed by atoms with E-state index in [4.69, 9.17) is 10.5 Å². The van der Waals surface area contributed by atoms with E-state index in [1.807, 2.05) is 20.8 Å². The number of rotatable bonds is 6. The van der Waals surface area contributed by atoms with Gasteiger partial charge >= 0.3 is 6.18 Å². The molecule has 27 heavy (non-hydrogen) atoms. The van der Waals surface area contributed by atoms with Crippen molar-refractivity contribution in [1.82, 2.24) is 4.98 Å². The molecule has 1 saturated carbocycles. The zero-order chi connectivity index (χ0) is 18.9. The van der Waals surface area contributed by atoms with Crippen LogP contribution in [0.5, 0.6) is 5.88 Å². The number of anilines is 1. The van der Waals surface area contributed by atoms with Crippen molar-refractivity contribution in [2.75, 3.05) is 18.5 Å². The van der Waals surface area contributed by atoms with E-state index in [0.717, 1.165) is 0 Å². The molecule has 1 aliphatic rings. The van der Waals surface area contributed by atoms with E-state index in [1.54, 1.807) is 0 Å². The highest BCUT2D eigenvalue weighted by molar-refractivity contribution is 5.99. The SMILES string of the molecule is CCOC1CC(N)(C(=O)Nc2ccc(OCC(F)(F)F)nc2)C1(C)C.Cl.Cl. The molecule has 6 nitrogen and oxygen atoms in total. The van der Waals surface area contributed by atoms with Gasteiger partial charge < -0.3 is 20.5 Å². The molecular weight excluding hydrogens is 410 g/mol. The van der Waals surface area contributed by atoms with Crippen molar-refractivity contribution >= 4 is 36.4 Å². The highest BCUT2D eigenvalue weighted by Gasteiger charge is 2.62. The third kappa shape index (κ3) is 5.60. The van der Waals surface area contributed by atoms with Crippen LogP contribution in [0.4, 0.5) is 18.9 Å². The third-order valence-corrected chi connectivity index (χ3v) is 4.61. The number of alkyl halides is 3. The number of carbonyl (C=O) groups is 1. The summed E-state index contributed by atoms with van der Waals surface area (Å²) in [5.74, 6) is -0.572. The maximum atomic E-state index is 12.5. The lowest BCUT2D eigenvalue weighted by molar-refractivity contribution is -0.166. The minimum absolute atomic E-state index is 0. The molecule has 2 atom stereocenters. The maximum absolute atomic E-state index is 12.5. The molecule has 2 unspecified atom stereocenters. The minimum Gasteiger partial charge on any atom is -0.468 e. The van der Waals surface area contributed by atoms with Crippen LogP contribution in [0.2, 0.25) is 0 Å². The van der Waals surface area contributed by atoms with Gasteiger partial charge in [0.15, 0.2) is 6.61 Å².